The molecule has 3 rings (SSSR count). The summed E-state index contributed by atoms with van der Waals surface area (Å²) >= 11 is 1.23. The number of halogens is 1. The lowest BCUT2D eigenvalue weighted by Crippen LogP contribution is -2.39. The summed E-state index contributed by atoms with van der Waals surface area (Å²) in [5.74, 6) is -0.820. The fourth-order valence-corrected chi connectivity index (χ4v) is 3.54. The Labute approximate surface area is 178 Å². The van der Waals surface area contributed by atoms with Crippen LogP contribution in [0.25, 0.3) is 0 Å². The molecule has 0 radical (unpaired) electrons. The lowest BCUT2D eigenvalue weighted by Gasteiger charge is -2.21. The van der Waals surface area contributed by atoms with E-state index in [2.05, 4.69) is 15.6 Å². The van der Waals surface area contributed by atoms with Gasteiger partial charge in [0, 0.05) is 23.5 Å². The quantitative estimate of drug-likeness (QED) is 0.637. The lowest BCUT2D eigenvalue weighted by atomic mass is 10.2. The third-order valence-electron chi connectivity index (χ3n) is 4.50. The van der Waals surface area contributed by atoms with Crippen LogP contribution in [-0.4, -0.2) is 46.7 Å². The molecule has 0 saturated heterocycles. The summed E-state index contributed by atoms with van der Waals surface area (Å²) in [6.07, 6.45) is 1.83. The first-order chi connectivity index (χ1) is 14.3. The normalized spacial score (nSPS) is 13.2. The zero-order chi connectivity index (χ0) is 21.7. The molecule has 7 nitrogen and oxygen atoms in total. The molecular weight excluding hydrogens is 407 g/mol. The van der Waals surface area contributed by atoms with Crippen molar-refractivity contribution in [3.05, 3.63) is 46.7 Å². The summed E-state index contributed by atoms with van der Waals surface area (Å²) in [7, 11) is 0. The van der Waals surface area contributed by atoms with Gasteiger partial charge in [-0.05, 0) is 43.0 Å². The number of hydrogen-bond acceptors (Lipinski definition) is 5. The smallest absolute Gasteiger partial charge is 0.254 e. The van der Waals surface area contributed by atoms with Crippen LogP contribution in [0.1, 0.15) is 42.7 Å². The summed E-state index contributed by atoms with van der Waals surface area (Å²) in [5, 5.41) is 7.64. The number of thiazole rings is 1. The Kier molecular flexibility index (Phi) is 7.15. The van der Waals surface area contributed by atoms with E-state index in [0.717, 1.165) is 12.8 Å². The Morgan fingerprint density at radius 3 is 2.53 bits per heavy atom. The van der Waals surface area contributed by atoms with Crippen molar-refractivity contribution in [3.8, 4) is 0 Å². The van der Waals surface area contributed by atoms with Crippen molar-refractivity contribution >= 4 is 34.2 Å². The minimum absolute atomic E-state index is 0.0183. The van der Waals surface area contributed by atoms with Gasteiger partial charge < -0.3 is 15.5 Å². The molecule has 3 amide bonds. The molecule has 1 aromatic carbocycles. The van der Waals surface area contributed by atoms with Crippen molar-refractivity contribution in [1.29, 1.82) is 0 Å². The van der Waals surface area contributed by atoms with Crippen LogP contribution in [0.5, 0.6) is 0 Å². The summed E-state index contributed by atoms with van der Waals surface area (Å²) in [6.45, 7) is 4.53. The average Bonchev–Trinajstić information content (AvgIpc) is 3.45. The van der Waals surface area contributed by atoms with E-state index >= 15 is 0 Å². The van der Waals surface area contributed by atoms with Gasteiger partial charge >= 0.3 is 0 Å². The number of nitrogens with zero attached hydrogens (tertiary/aromatic N) is 2. The van der Waals surface area contributed by atoms with Gasteiger partial charge in [-0.15, -0.1) is 11.3 Å². The van der Waals surface area contributed by atoms with E-state index in [1.165, 1.54) is 40.5 Å². The molecule has 1 saturated carbocycles. The van der Waals surface area contributed by atoms with E-state index in [1.54, 1.807) is 5.38 Å². The molecule has 2 aromatic rings. The maximum atomic E-state index is 13.1. The standard InChI is InChI=1S/C21H25FN4O3S/c1-13(2)10-23-18(27)9-16-12-30-21(24-16)25-19(28)11-26(17-7-8-17)20(29)14-3-5-15(22)6-4-14/h3-6,12-13,17H,7-11H2,1-2H3,(H,23,27)(H,24,25,28). The van der Waals surface area contributed by atoms with E-state index in [0.29, 0.717) is 28.9 Å². The second-order valence-corrected chi connectivity index (χ2v) is 8.60. The fourth-order valence-electron chi connectivity index (χ4n) is 2.82. The Morgan fingerprint density at radius 1 is 1.20 bits per heavy atom. The molecule has 9 heteroatoms. The summed E-state index contributed by atoms with van der Waals surface area (Å²) in [4.78, 5) is 42.9. The molecule has 1 fully saturated rings. The Morgan fingerprint density at radius 2 is 1.90 bits per heavy atom. The molecule has 0 unspecified atom stereocenters. The summed E-state index contributed by atoms with van der Waals surface area (Å²) in [5.41, 5.74) is 0.929. The number of carbonyl (C=O) groups excluding carboxylic acids is 3. The SMILES string of the molecule is CC(C)CNC(=O)Cc1csc(NC(=O)CN(C(=O)c2ccc(F)cc2)C2CC2)n1. The Hall–Kier alpha value is -2.81. The van der Waals surface area contributed by atoms with E-state index < -0.39 is 5.82 Å². The third-order valence-corrected chi connectivity index (χ3v) is 5.31. The predicted molar refractivity (Wildman–Crippen MR) is 113 cm³/mol. The number of anilines is 1. The maximum absolute atomic E-state index is 13.1. The number of benzene rings is 1. The first-order valence-corrected chi connectivity index (χ1v) is 10.8. The van der Waals surface area contributed by atoms with Crippen LogP contribution in [0.15, 0.2) is 29.6 Å². The van der Waals surface area contributed by atoms with Crippen molar-refractivity contribution < 1.29 is 18.8 Å². The van der Waals surface area contributed by atoms with Gasteiger partial charge in [0.25, 0.3) is 5.91 Å². The number of carbonyl (C=O) groups is 3. The van der Waals surface area contributed by atoms with E-state index in [-0.39, 0.29) is 36.7 Å². The third kappa shape index (κ3) is 6.35. The first-order valence-electron chi connectivity index (χ1n) is 9.89. The van der Waals surface area contributed by atoms with Gasteiger partial charge in [-0.25, -0.2) is 9.37 Å². The first kappa shape index (κ1) is 21.9. The zero-order valence-electron chi connectivity index (χ0n) is 17.0. The second kappa shape index (κ2) is 9.80. The molecule has 0 atom stereocenters. The van der Waals surface area contributed by atoms with Crippen LogP contribution in [0.2, 0.25) is 0 Å². The molecule has 0 bridgehead atoms. The van der Waals surface area contributed by atoms with Crippen LogP contribution in [0, 0.1) is 11.7 Å². The second-order valence-electron chi connectivity index (χ2n) is 7.74. The van der Waals surface area contributed by atoms with Gasteiger partial charge in [-0.3, -0.25) is 14.4 Å². The Bertz CT molecular complexity index is 909. The van der Waals surface area contributed by atoms with E-state index in [1.807, 2.05) is 13.8 Å². The Balaban J connectivity index is 1.55. The number of rotatable bonds is 9. The van der Waals surface area contributed by atoms with Crippen molar-refractivity contribution in [2.45, 2.75) is 39.2 Å². The molecule has 160 valence electrons. The molecule has 0 aliphatic heterocycles. The fraction of sp³-hybridized carbons (Fsp3) is 0.429. The molecule has 1 aliphatic carbocycles. The minimum atomic E-state index is -0.417. The average molecular weight is 433 g/mol. The maximum Gasteiger partial charge on any atom is 0.254 e. The van der Waals surface area contributed by atoms with Gasteiger partial charge in [0.1, 0.15) is 12.4 Å². The van der Waals surface area contributed by atoms with Crippen molar-refractivity contribution in [3.63, 3.8) is 0 Å². The van der Waals surface area contributed by atoms with Crippen molar-refractivity contribution in [2.24, 2.45) is 5.92 Å². The monoisotopic (exact) mass is 432 g/mol. The van der Waals surface area contributed by atoms with Crippen LogP contribution < -0.4 is 10.6 Å². The van der Waals surface area contributed by atoms with Crippen LogP contribution >= 0.6 is 11.3 Å². The lowest BCUT2D eigenvalue weighted by molar-refractivity contribution is -0.120. The van der Waals surface area contributed by atoms with Crippen molar-refractivity contribution in [1.82, 2.24) is 15.2 Å². The highest BCUT2D eigenvalue weighted by Gasteiger charge is 2.34. The molecule has 1 aromatic heterocycles. The van der Waals surface area contributed by atoms with E-state index in [9.17, 15) is 18.8 Å². The van der Waals surface area contributed by atoms with Crippen LogP contribution in [-0.2, 0) is 16.0 Å². The van der Waals surface area contributed by atoms with Gasteiger partial charge in [0.2, 0.25) is 11.8 Å². The molecule has 2 N–H and O–H groups in total. The molecule has 1 heterocycles. The van der Waals surface area contributed by atoms with Crippen LogP contribution in [0.4, 0.5) is 9.52 Å². The zero-order valence-corrected chi connectivity index (χ0v) is 17.8. The predicted octanol–water partition coefficient (Wildman–Crippen LogP) is 2.84. The summed E-state index contributed by atoms with van der Waals surface area (Å²) < 4.78 is 13.1. The van der Waals surface area contributed by atoms with Crippen LogP contribution in [0.3, 0.4) is 0 Å². The summed E-state index contributed by atoms with van der Waals surface area (Å²) in [6, 6.07) is 5.31. The topological polar surface area (TPSA) is 91.4 Å². The van der Waals surface area contributed by atoms with Gasteiger partial charge in [-0.1, -0.05) is 13.8 Å². The number of hydrogen-bond donors (Lipinski definition) is 2. The highest BCUT2D eigenvalue weighted by Crippen LogP contribution is 2.28. The molecule has 1 aliphatic rings. The molecule has 30 heavy (non-hydrogen) atoms. The number of amides is 3. The highest BCUT2D eigenvalue weighted by atomic mass is 32.1. The highest BCUT2D eigenvalue weighted by molar-refractivity contribution is 7.13. The number of nitrogens with one attached hydrogen (secondary N) is 2. The molecular formula is C21H25FN4O3S. The minimum Gasteiger partial charge on any atom is -0.356 e. The van der Waals surface area contributed by atoms with Gasteiger partial charge in [-0.2, -0.15) is 0 Å². The van der Waals surface area contributed by atoms with Gasteiger partial charge in [0.15, 0.2) is 5.13 Å². The molecule has 0 spiro atoms. The largest absolute Gasteiger partial charge is 0.356 e. The van der Waals surface area contributed by atoms with Gasteiger partial charge in [0.05, 0.1) is 12.1 Å². The van der Waals surface area contributed by atoms with Crippen molar-refractivity contribution in [2.75, 3.05) is 18.4 Å². The van der Waals surface area contributed by atoms with E-state index in [4.69, 9.17) is 0 Å². The number of aromatic nitrogens is 1.